The van der Waals surface area contributed by atoms with Crippen molar-refractivity contribution in [3.8, 4) is 5.75 Å². The average molecular weight is 241 g/mol. The molecule has 4 nitrogen and oxygen atoms in total. The molecule has 1 rings (SSSR count). The second-order valence-electron chi connectivity index (χ2n) is 3.67. The Balaban J connectivity index is 2.93. The molecular weight excluding hydrogens is 225 g/mol. The first-order valence-electron chi connectivity index (χ1n) is 5.35. The predicted molar refractivity (Wildman–Crippen MR) is 63.1 cm³/mol. The van der Waals surface area contributed by atoms with Gasteiger partial charge in [0.25, 0.3) is 0 Å². The number of carboxylic acids is 1. The van der Waals surface area contributed by atoms with E-state index in [0.717, 1.165) is 0 Å². The Morgan fingerprint density at radius 2 is 2.24 bits per heavy atom. The van der Waals surface area contributed by atoms with Crippen molar-refractivity contribution in [2.75, 3.05) is 18.6 Å². The van der Waals surface area contributed by atoms with Gasteiger partial charge in [0.15, 0.2) is 11.6 Å². The van der Waals surface area contributed by atoms with E-state index >= 15 is 0 Å². The lowest BCUT2D eigenvalue weighted by Crippen LogP contribution is -2.35. The van der Waals surface area contributed by atoms with Crippen LogP contribution in [0.4, 0.5) is 10.1 Å². The Labute approximate surface area is 99.6 Å². The standard InChI is InChI=1S/C12H16FNO3/c1-4-17-11-6-5-9(7-10(11)13)14(3)8(2)12(15)16/h5-8H,4H2,1-3H3,(H,15,16). The zero-order valence-corrected chi connectivity index (χ0v) is 10.1. The number of carbonyl (C=O) groups is 1. The number of halogens is 1. The lowest BCUT2D eigenvalue weighted by atomic mass is 10.2. The number of rotatable bonds is 5. The maximum atomic E-state index is 13.6. The molecule has 0 spiro atoms. The molecule has 0 saturated heterocycles. The van der Waals surface area contributed by atoms with Crippen molar-refractivity contribution < 1.29 is 19.0 Å². The molecule has 0 bridgehead atoms. The molecule has 0 saturated carbocycles. The molecule has 0 fully saturated rings. The summed E-state index contributed by atoms with van der Waals surface area (Å²) in [5.41, 5.74) is 0.501. The van der Waals surface area contributed by atoms with Crippen LogP contribution in [0, 0.1) is 5.82 Å². The van der Waals surface area contributed by atoms with Crippen LogP contribution < -0.4 is 9.64 Å². The molecule has 0 aromatic heterocycles. The van der Waals surface area contributed by atoms with Gasteiger partial charge in [-0.1, -0.05) is 0 Å². The number of carboxylic acid groups (broad SMARTS) is 1. The molecule has 0 aliphatic heterocycles. The van der Waals surface area contributed by atoms with Gasteiger partial charge in [-0.05, 0) is 26.0 Å². The van der Waals surface area contributed by atoms with Crippen LogP contribution in [0.15, 0.2) is 18.2 Å². The van der Waals surface area contributed by atoms with Crippen LogP contribution in [0.25, 0.3) is 0 Å². The first-order valence-corrected chi connectivity index (χ1v) is 5.35. The molecule has 1 unspecified atom stereocenters. The normalized spacial score (nSPS) is 12.0. The molecule has 0 aliphatic rings. The van der Waals surface area contributed by atoms with Crippen molar-refractivity contribution >= 4 is 11.7 Å². The number of aliphatic carboxylic acids is 1. The number of ether oxygens (including phenoxy) is 1. The Kier molecular flexibility index (Phi) is 4.31. The van der Waals surface area contributed by atoms with Gasteiger partial charge in [0, 0.05) is 18.8 Å². The monoisotopic (exact) mass is 241 g/mol. The quantitative estimate of drug-likeness (QED) is 0.858. The Morgan fingerprint density at radius 3 is 2.71 bits per heavy atom. The van der Waals surface area contributed by atoms with Crippen molar-refractivity contribution in [1.82, 2.24) is 0 Å². The molecule has 0 amide bonds. The molecule has 0 heterocycles. The van der Waals surface area contributed by atoms with Gasteiger partial charge >= 0.3 is 5.97 Å². The van der Waals surface area contributed by atoms with E-state index in [1.54, 1.807) is 20.0 Å². The minimum Gasteiger partial charge on any atom is -0.491 e. The molecule has 17 heavy (non-hydrogen) atoms. The van der Waals surface area contributed by atoms with Gasteiger partial charge in [-0.3, -0.25) is 0 Å². The van der Waals surface area contributed by atoms with E-state index in [0.29, 0.717) is 12.3 Å². The third kappa shape index (κ3) is 3.09. The summed E-state index contributed by atoms with van der Waals surface area (Å²) in [6.45, 7) is 3.69. The van der Waals surface area contributed by atoms with Crippen LogP contribution >= 0.6 is 0 Å². The van der Waals surface area contributed by atoms with Crippen molar-refractivity contribution in [3.63, 3.8) is 0 Å². The second-order valence-corrected chi connectivity index (χ2v) is 3.67. The third-order valence-electron chi connectivity index (χ3n) is 2.56. The van der Waals surface area contributed by atoms with Gasteiger partial charge in [-0.2, -0.15) is 0 Å². The van der Waals surface area contributed by atoms with Gasteiger partial charge in [-0.15, -0.1) is 0 Å². The van der Waals surface area contributed by atoms with Gasteiger partial charge in [-0.25, -0.2) is 9.18 Å². The van der Waals surface area contributed by atoms with Gasteiger partial charge in [0.2, 0.25) is 0 Å². The zero-order valence-electron chi connectivity index (χ0n) is 10.1. The lowest BCUT2D eigenvalue weighted by molar-refractivity contribution is -0.138. The van der Waals surface area contributed by atoms with Crippen molar-refractivity contribution in [2.45, 2.75) is 19.9 Å². The SMILES string of the molecule is CCOc1ccc(N(C)C(C)C(=O)O)cc1F. The number of likely N-dealkylation sites (N-methyl/N-ethyl adjacent to an activating group) is 1. The predicted octanol–water partition coefficient (Wildman–Crippen LogP) is 2.13. The summed E-state index contributed by atoms with van der Waals surface area (Å²) < 4.78 is 18.6. The van der Waals surface area contributed by atoms with Crippen LogP contribution in [-0.2, 0) is 4.79 Å². The molecule has 5 heteroatoms. The summed E-state index contributed by atoms with van der Waals surface area (Å²) in [5, 5.41) is 8.86. The fourth-order valence-electron chi connectivity index (χ4n) is 1.37. The minimum absolute atomic E-state index is 0.174. The average Bonchev–Trinajstić information content (AvgIpc) is 2.30. The second kappa shape index (κ2) is 5.52. The van der Waals surface area contributed by atoms with Crippen LogP contribution in [0.3, 0.4) is 0 Å². The van der Waals surface area contributed by atoms with E-state index in [4.69, 9.17) is 9.84 Å². The molecular formula is C12H16FNO3. The highest BCUT2D eigenvalue weighted by molar-refractivity contribution is 5.77. The molecule has 1 aromatic carbocycles. The smallest absolute Gasteiger partial charge is 0.326 e. The van der Waals surface area contributed by atoms with Crippen LogP contribution in [0.2, 0.25) is 0 Å². The Bertz CT molecular complexity index is 409. The Hall–Kier alpha value is -1.78. The fourth-order valence-corrected chi connectivity index (χ4v) is 1.37. The van der Waals surface area contributed by atoms with Crippen LogP contribution in [0.1, 0.15) is 13.8 Å². The molecule has 1 N–H and O–H groups in total. The zero-order chi connectivity index (χ0) is 13.0. The first kappa shape index (κ1) is 13.3. The van der Waals surface area contributed by atoms with Crippen molar-refractivity contribution in [3.05, 3.63) is 24.0 Å². The number of anilines is 1. The summed E-state index contributed by atoms with van der Waals surface area (Å²) in [5.74, 6) is -1.27. The van der Waals surface area contributed by atoms with Gasteiger partial charge in [0.05, 0.1) is 6.61 Å². The van der Waals surface area contributed by atoms with Crippen LogP contribution in [0.5, 0.6) is 5.75 Å². The summed E-state index contributed by atoms with van der Waals surface area (Å²) in [4.78, 5) is 12.3. The maximum absolute atomic E-state index is 13.6. The molecule has 0 aliphatic carbocycles. The third-order valence-corrected chi connectivity index (χ3v) is 2.56. The van der Waals surface area contributed by atoms with E-state index in [9.17, 15) is 9.18 Å². The Morgan fingerprint density at radius 1 is 1.59 bits per heavy atom. The number of benzene rings is 1. The minimum atomic E-state index is -0.957. The summed E-state index contributed by atoms with van der Waals surface area (Å²) in [7, 11) is 1.61. The topological polar surface area (TPSA) is 49.8 Å². The van der Waals surface area contributed by atoms with E-state index < -0.39 is 17.8 Å². The molecule has 0 radical (unpaired) electrons. The van der Waals surface area contributed by atoms with Crippen molar-refractivity contribution in [1.29, 1.82) is 0 Å². The molecule has 1 atom stereocenters. The number of nitrogens with zero attached hydrogens (tertiary/aromatic N) is 1. The lowest BCUT2D eigenvalue weighted by Gasteiger charge is -2.23. The van der Waals surface area contributed by atoms with E-state index in [1.165, 1.54) is 24.0 Å². The van der Waals surface area contributed by atoms with E-state index in [2.05, 4.69) is 0 Å². The highest BCUT2D eigenvalue weighted by Crippen LogP contribution is 2.24. The fraction of sp³-hybridized carbons (Fsp3) is 0.417. The highest BCUT2D eigenvalue weighted by Gasteiger charge is 2.18. The number of hydrogen-bond acceptors (Lipinski definition) is 3. The summed E-state index contributed by atoms with van der Waals surface area (Å²) in [6, 6.07) is 3.68. The first-order chi connectivity index (χ1) is 7.97. The van der Waals surface area contributed by atoms with Crippen molar-refractivity contribution in [2.24, 2.45) is 0 Å². The number of hydrogen-bond donors (Lipinski definition) is 1. The van der Waals surface area contributed by atoms with Gasteiger partial charge < -0.3 is 14.7 Å². The summed E-state index contributed by atoms with van der Waals surface area (Å²) >= 11 is 0. The molecule has 1 aromatic rings. The van der Waals surface area contributed by atoms with Gasteiger partial charge in [0.1, 0.15) is 6.04 Å². The van der Waals surface area contributed by atoms with E-state index in [1.807, 2.05) is 0 Å². The molecule has 94 valence electrons. The van der Waals surface area contributed by atoms with E-state index in [-0.39, 0.29) is 5.75 Å². The largest absolute Gasteiger partial charge is 0.491 e. The highest BCUT2D eigenvalue weighted by atomic mass is 19.1. The summed E-state index contributed by atoms with van der Waals surface area (Å²) in [6.07, 6.45) is 0. The maximum Gasteiger partial charge on any atom is 0.326 e. The van der Waals surface area contributed by atoms with Crippen LogP contribution in [-0.4, -0.2) is 30.8 Å².